The number of rotatable bonds is 4. The normalized spacial score (nSPS) is 14.4. The molecule has 0 atom stereocenters. The van der Waals surface area contributed by atoms with Crippen LogP contribution in [0, 0.1) is 0 Å². The average Bonchev–Trinajstić information content (AvgIpc) is 2.46. The van der Waals surface area contributed by atoms with Crippen LogP contribution in [0.4, 0.5) is 0 Å². The maximum Gasteiger partial charge on any atom is 0.227 e. The van der Waals surface area contributed by atoms with Crippen molar-refractivity contribution in [2.45, 2.75) is 12.8 Å². The summed E-state index contributed by atoms with van der Waals surface area (Å²) in [6.45, 7) is 0.568. The Labute approximate surface area is 116 Å². The summed E-state index contributed by atoms with van der Waals surface area (Å²) < 4.78 is 15.7. The van der Waals surface area contributed by atoms with Crippen molar-refractivity contribution in [3.63, 3.8) is 0 Å². The van der Waals surface area contributed by atoms with E-state index in [1.165, 1.54) is 14.2 Å². The molecule has 102 valence electrons. The third-order valence-corrected chi connectivity index (χ3v) is 3.14. The second-order valence-corrected chi connectivity index (χ2v) is 4.49. The minimum Gasteiger partial charge on any atom is -0.493 e. The first-order chi connectivity index (χ1) is 9.17. The van der Waals surface area contributed by atoms with E-state index in [1.807, 2.05) is 0 Å². The van der Waals surface area contributed by atoms with Gasteiger partial charge in [0.1, 0.15) is 0 Å². The number of ether oxygens (including phenoxy) is 3. The van der Waals surface area contributed by atoms with E-state index in [-0.39, 0.29) is 5.78 Å². The molecule has 0 saturated heterocycles. The number of hydrogen-bond donors (Lipinski definition) is 0. The highest BCUT2D eigenvalue weighted by Crippen LogP contribution is 2.36. The SMILES string of the molecule is COc1cc(C(=O)C2=CCCCO2)cc(Cl)c1OC. The fourth-order valence-corrected chi connectivity index (χ4v) is 2.19. The van der Waals surface area contributed by atoms with Crippen molar-refractivity contribution in [2.75, 3.05) is 20.8 Å². The first kappa shape index (κ1) is 13.7. The summed E-state index contributed by atoms with van der Waals surface area (Å²) in [7, 11) is 3.00. The monoisotopic (exact) mass is 282 g/mol. The molecule has 2 rings (SSSR count). The molecule has 0 amide bonds. The zero-order valence-electron chi connectivity index (χ0n) is 10.9. The van der Waals surface area contributed by atoms with Gasteiger partial charge < -0.3 is 14.2 Å². The Hall–Kier alpha value is -1.68. The van der Waals surface area contributed by atoms with E-state index in [0.717, 1.165) is 12.8 Å². The maximum atomic E-state index is 12.3. The van der Waals surface area contributed by atoms with Gasteiger partial charge in [-0.25, -0.2) is 0 Å². The number of benzene rings is 1. The molecule has 1 aliphatic rings. The zero-order valence-corrected chi connectivity index (χ0v) is 11.6. The van der Waals surface area contributed by atoms with E-state index in [0.29, 0.717) is 34.5 Å². The predicted molar refractivity (Wildman–Crippen MR) is 72.2 cm³/mol. The number of carbonyl (C=O) groups is 1. The van der Waals surface area contributed by atoms with Gasteiger partial charge in [-0.15, -0.1) is 0 Å². The summed E-state index contributed by atoms with van der Waals surface area (Å²) in [6.07, 6.45) is 3.59. The van der Waals surface area contributed by atoms with Crippen molar-refractivity contribution in [1.29, 1.82) is 0 Å². The molecule has 0 fully saturated rings. The third-order valence-electron chi connectivity index (χ3n) is 2.86. The number of hydrogen-bond acceptors (Lipinski definition) is 4. The van der Waals surface area contributed by atoms with Gasteiger partial charge in [-0.3, -0.25) is 4.79 Å². The van der Waals surface area contributed by atoms with Crippen molar-refractivity contribution in [1.82, 2.24) is 0 Å². The summed E-state index contributed by atoms with van der Waals surface area (Å²) in [5.41, 5.74) is 0.427. The average molecular weight is 283 g/mol. The Bertz CT molecular complexity index is 522. The fourth-order valence-electron chi connectivity index (χ4n) is 1.91. The molecule has 1 aromatic carbocycles. The van der Waals surface area contributed by atoms with Gasteiger partial charge in [-0.05, 0) is 31.1 Å². The number of methoxy groups -OCH3 is 2. The van der Waals surface area contributed by atoms with Crippen molar-refractivity contribution in [3.8, 4) is 11.5 Å². The maximum absolute atomic E-state index is 12.3. The van der Waals surface area contributed by atoms with Crippen LogP contribution in [0.2, 0.25) is 5.02 Å². The molecular weight excluding hydrogens is 268 g/mol. The van der Waals surface area contributed by atoms with Crippen LogP contribution in [-0.4, -0.2) is 26.6 Å². The molecule has 0 radical (unpaired) electrons. The second-order valence-electron chi connectivity index (χ2n) is 4.08. The standard InChI is InChI=1S/C14H15ClO4/c1-17-12-8-9(7-10(15)14(12)18-2)13(16)11-5-3-4-6-19-11/h5,7-8H,3-4,6H2,1-2H3. The van der Waals surface area contributed by atoms with Crippen LogP contribution in [0.5, 0.6) is 11.5 Å². The van der Waals surface area contributed by atoms with Gasteiger partial charge in [0.25, 0.3) is 0 Å². The summed E-state index contributed by atoms with van der Waals surface area (Å²) >= 11 is 6.08. The van der Waals surface area contributed by atoms with Crippen LogP contribution >= 0.6 is 11.6 Å². The molecule has 1 aromatic rings. The largest absolute Gasteiger partial charge is 0.493 e. The fraction of sp³-hybridized carbons (Fsp3) is 0.357. The molecule has 4 nitrogen and oxygen atoms in total. The number of carbonyl (C=O) groups excluding carboxylic acids is 1. The van der Waals surface area contributed by atoms with Crippen molar-refractivity contribution in [3.05, 3.63) is 34.6 Å². The molecule has 0 unspecified atom stereocenters. The molecule has 0 aliphatic carbocycles. The molecule has 0 saturated carbocycles. The van der Waals surface area contributed by atoms with E-state index < -0.39 is 0 Å². The van der Waals surface area contributed by atoms with Crippen molar-refractivity contribution < 1.29 is 19.0 Å². The first-order valence-electron chi connectivity index (χ1n) is 5.96. The Kier molecular flexibility index (Phi) is 4.32. The number of Topliss-reactive ketones (excluding diaryl/α,β-unsaturated/α-hetero) is 1. The van der Waals surface area contributed by atoms with Gasteiger partial charge in [-0.1, -0.05) is 11.6 Å². The van der Waals surface area contributed by atoms with E-state index in [2.05, 4.69) is 0 Å². The highest BCUT2D eigenvalue weighted by Gasteiger charge is 2.20. The molecule has 0 N–H and O–H groups in total. The lowest BCUT2D eigenvalue weighted by Crippen LogP contribution is -2.11. The van der Waals surface area contributed by atoms with E-state index >= 15 is 0 Å². The number of ketones is 1. The molecule has 0 spiro atoms. The molecule has 0 aromatic heterocycles. The molecule has 1 heterocycles. The highest BCUT2D eigenvalue weighted by atomic mass is 35.5. The summed E-state index contributed by atoms with van der Waals surface area (Å²) in [6, 6.07) is 3.16. The summed E-state index contributed by atoms with van der Waals surface area (Å²) in [5.74, 6) is 1.02. The highest BCUT2D eigenvalue weighted by molar-refractivity contribution is 6.33. The van der Waals surface area contributed by atoms with Gasteiger partial charge in [-0.2, -0.15) is 0 Å². The van der Waals surface area contributed by atoms with Gasteiger partial charge in [0.2, 0.25) is 5.78 Å². The zero-order chi connectivity index (χ0) is 13.8. The van der Waals surface area contributed by atoms with E-state index in [1.54, 1.807) is 18.2 Å². The van der Waals surface area contributed by atoms with Gasteiger partial charge >= 0.3 is 0 Å². The molecule has 0 bridgehead atoms. The van der Waals surface area contributed by atoms with Gasteiger partial charge in [0.15, 0.2) is 17.3 Å². The number of allylic oxidation sites excluding steroid dienone is 2. The molecule has 5 heteroatoms. The lowest BCUT2D eigenvalue weighted by molar-refractivity contribution is 0.0898. The second kappa shape index (κ2) is 5.97. The Morgan fingerprint density at radius 3 is 2.68 bits per heavy atom. The number of halogens is 1. The lowest BCUT2D eigenvalue weighted by Gasteiger charge is -2.15. The van der Waals surface area contributed by atoms with Crippen LogP contribution in [0.25, 0.3) is 0 Å². The van der Waals surface area contributed by atoms with E-state index in [9.17, 15) is 4.79 Å². The Morgan fingerprint density at radius 1 is 1.32 bits per heavy atom. The topological polar surface area (TPSA) is 44.8 Å². The summed E-state index contributed by atoms with van der Waals surface area (Å²) in [5, 5.41) is 0.335. The van der Waals surface area contributed by atoms with E-state index in [4.69, 9.17) is 25.8 Å². The first-order valence-corrected chi connectivity index (χ1v) is 6.34. The minimum absolute atomic E-state index is 0.192. The molecular formula is C14H15ClO4. The van der Waals surface area contributed by atoms with Crippen molar-refractivity contribution in [2.24, 2.45) is 0 Å². The molecule has 1 aliphatic heterocycles. The Balaban J connectivity index is 2.37. The quantitative estimate of drug-likeness (QED) is 0.795. The molecule has 19 heavy (non-hydrogen) atoms. The van der Waals surface area contributed by atoms with Crippen LogP contribution in [0.15, 0.2) is 24.0 Å². The lowest BCUT2D eigenvalue weighted by atomic mass is 10.1. The van der Waals surface area contributed by atoms with Gasteiger partial charge in [0.05, 0.1) is 25.8 Å². The smallest absolute Gasteiger partial charge is 0.227 e. The van der Waals surface area contributed by atoms with Gasteiger partial charge in [0, 0.05) is 5.56 Å². The van der Waals surface area contributed by atoms with Crippen LogP contribution in [0.3, 0.4) is 0 Å². The predicted octanol–water partition coefficient (Wildman–Crippen LogP) is 3.23. The van der Waals surface area contributed by atoms with Crippen molar-refractivity contribution >= 4 is 17.4 Å². The van der Waals surface area contributed by atoms with Crippen LogP contribution in [-0.2, 0) is 4.74 Å². The summed E-state index contributed by atoms with van der Waals surface area (Å²) in [4.78, 5) is 12.3. The third kappa shape index (κ3) is 2.84. The minimum atomic E-state index is -0.192. The Morgan fingerprint density at radius 2 is 2.11 bits per heavy atom. The van der Waals surface area contributed by atoms with Crippen LogP contribution < -0.4 is 9.47 Å². The van der Waals surface area contributed by atoms with Crippen LogP contribution in [0.1, 0.15) is 23.2 Å².